The van der Waals surface area contributed by atoms with Crippen molar-refractivity contribution in [2.75, 3.05) is 24.1 Å². The van der Waals surface area contributed by atoms with E-state index in [1.54, 1.807) is 11.0 Å². The van der Waals surface area contributed by atoms with E-state index in [1.807, 2.05) is 32.9 Å². The van der Waals surface area contributed by atoms with Crippen molar-refractivity contribution >= 4 is 23.2 Å². The fourth-order valence-electron chi connectivity index (χ4n) is 2.57. The molecule has 1 amide bonds. The van der Waals surface area contributed by atoms with Crippen LogP contribution in [0.25, 0.3) is 0 Å². The summed E-state index contributed by atoms with van der Waals surface area (Å²) in [5.41, 5.74) is 4.09. The Bertz CT molecular complexity index is 698. The van der Waals surface area contributed by atoms with Crippen LogP contribution in [0.15, 0.2) is 18.2 Å². The molecule has 130 valence electrons. The molecule has 0 aliphatic heterocycles. The molecule has 0 fully saturated rings. The summed E-state index contributed by atoms with van der Waals surface area (Å²) in [6.45, 7) is 5.30. The highest BCUT2D eigenvalue weighted by atomic mass is 35.5. The first-order valence-corrected chi connectivity index (χ1v) is 8.18. The number of carbonyl (C=O) groups excluding carboxylic acids is 1. The number of para-hydroxylation sites is 1. The standard InChI is InChI=1S/C17H21ClFN3O2/c1-11-5-4-6-15(24-8-7-19)17(11)22(16(23)9-18)10-14-12(2)20-21-13(14)3/h4-6H,7-10H2,1-3H3,(H,20,21). The summed E-state index contributed by atoms with van der Waals surface area (Å²) in [6, 6.07) is 5.41. The van der Waals surface area contributed by atoms with Crippen LogP contribution in [-0.2, 0) is 11.3 Å². The first-order valence-electron chi connectivity index (χ1n) is 7.64. The minimum Gasteiger partial charge on any atom is -0.489 e. The number of nitrogens with one attached hydrogen (secondary N) is 1. The number of nitrogens with zero attached hydrogens (tertiary/aromatic N) is 2. The summed E-state index contributed by atoms with van der Waals surface area (Å²) in [4.78, 5) is 14.0. The predicted octanol–water partition coefficient (Wildman–Crippen LogP) is 3.46. The van der Waals surface area contributed by atoms with E-state index in [2.05, 4.69) is 10.2 Å². The van der Waals surface area contributed by atoms with E-state index in [-0.39, 0.29) is 18.4 Å². The Morgan fingerprint density at radius 1 is 1.38 bits per heavy atom. The zero-order chi connectivity index (χ0) is 17.7. The average molecular weight is 354 g/mol. The minimum atomic E-state index is -0.600. The van der Waals surface area contributed by atoms with Gasteiger partial charge in [-0.3, -0.25) is 9.89 Å². The summed E-state index contributed by atoms with van der Waals surface area (Å²) in [5.74, 6) is 0.0494. The first kappa shape index (κ1) is 18.3. The zero-order valence-corrected chi connectivity index (χ0v) is 14.8. The van der Waals surface area contributed by atoms with Gasteiger partial charge in [0.15, 0.2) is 0 Å². The van der Waals surface area contributed by atoms with Gasteiger partial charge >= 0.3 is 0 Å². The smallest absolute Gasteiger partial charge is 0.242 e. The van der Waals surface area contributed by atoms with E-state index in [0.717, 1.165) is 22.5 Å². The maximum absolute atomic E-state index is 12.5. The number of benzene rings is 1. The van der Waals surface area contributed by atoms with Crippen molar-refractivity contribution in [1.82, 2.24) is 10.2 Å². The number of H-pyrrole nitrogens is 1. The number of aromatic nitrogens is 2. The number of hydrogen-bond donors (Lipinski definition) is 1. The van der Waals surface area contributed by atoms with Crippen LogP contribution in [0.5, 0.6) is 5.75 Å². The van der Waals surface area contributed by atoms with Gasteiger partial charge in [-0.2, -0.15) is 5.10 Å². The highest BCUT2D eigenvalue weighted by Crippen LogP contribution is 2.34. The van der Waals surface area contributed by atoms with Crippen LogP contribution in [0.2, 0.25) is 0 Å². The van der Waals surface area contributed by atoms with Crippen LogP contribution in [0, 0.1) is 20.8 Å². The topological polar surface area (TPSA) is 58.2 Å². The number of aryl methyl sites for hydroxylation is 3. The van der Waals surface area contributed by atoms with Crippen LogP contribution < -0.4 is 9.64 Å². The highest BCUT2D eigenvalue weighted by molar-refractivity contribution is 6.29. The van der Waals surface area contributed by atoms with Crippen molar-refractivity contribution in [3.8, 4) is 5.75 Å². The van der Waals surface area contributed by atoms with Gasteiger partial charge in [0.2, 0.25) is 5.91 Å². The normalized spacial score (nSPS) is 10.7. The Kier molecular flexibility index (Phi) is 6.20. The van der Waals surface area contributed by atoms with Crippen molar-refractivity contribution < 1.29 is 13.9 Å². The van der Waals surface area contributed by atoms with Gasteiger partial charge in [-0.15, -0.1) is 11.6 Å². The summed E-state index contributed by atoms with van der Waals surface area (Å²) >= 11 is 5.81. The van der Waals surface area contributed by atoms with Gasteiger partial charge in [-0.05, 0) is 32.4 Å². The fourth-order valence-corrected chi connectivity index (χ4v) is 2.72. The molecule has 0 saturated heterocycles. The molecule has 2 rings (SSSR count). The van der Waals surface area contributed by atoms with Gasteiger partial charge in [-0.25, -0.2) is 4.39 Å². The molecule has 2 aromatic rings. The van der Waals surface area contributed by atoms with Crippen molar-refractivity contribution in [3.05, 3.63) is 40.7 Å². The molecule has 0 saturated carbocycles. The predicted molar refractivity (Wildman–Crippen MR) is 92.6 cm³/mol. The molecule has 0 bridgehead atoms. The lowest BCUT2D eigenvalue weighted by atomic mass is 10.1. The molecule has 5 nitrogen and oxygen atoms in total. The monoisotopic (exact) mass is 353 g/mol. The third-order valence-corrected chi connectivity index (χ3v) is 4.05. The lowest BCUT2D eigenvalue weighted by Crippen LogP contribution is -2.33. The second-order valence-corrected chi connectivity index (χ2v) is 5.75. The molecule has 0 spiro atoms. The lowest BCUT2D eigenvalue weighted by molar-refractivity contribution is -0.116. The van der Waals surface area contributed by atoms with Crippen molar-refractivity contribution in [2.24, 2.45) is 0 Å². The van der Waals surface area contributed by atoms with E-state index in [0.29, 0.717) is 18.0 Å². The molecule has 0 aliphatic rings. The number of aromatic amines is 1. The molecule has 0 radical (unpaired) electrons. The number of anilines is 1. The molecule has 7 heteroatoms. The van der Waals surface area contributed by atoms with Crippen molar-refractivity contribution in [3.63, 3.8) is 0 Å². The number of rotatable bonds is 7. The maximum atomic E-state index is 12.5. The molecular weight excluding hydrogens is 333 g/mol. The van der Waals surface area contributed by atoms with Gasteiger partial charge < -0.3 is 9.64 Å². The number of hydrogen-bond acceptors (Lipinski definition) is 3. The molecule has 24 heavy (non-hydrogen) atoms. The summed E-state index contributed by atoms with van der Waals surface area (Å²) in [6.07, 6.45) is 0. The largest absolute Gasteiger partial charge is 0.489 e. The Hall–Kier alpha value is -2.08. The molecule has 0 unspecified atom stereocenters. The number of halogens is 2. The molecule has 0 atom stereocenters. The minimum absolute atomic E-state index is 0.0663. The number of alkyl halides is 2. The number of ether oxygens (including phenoxy) is 1. The van der Waals surface area contributed by atoms with Gasteiger partial charge in [0, 0.05) is 11.3 Å². The third-order valence-electron chi connectivity index (χ3n) is 3.82. The van der Waals surface area contributed by atoms with Crippen LogP contribution in [0.1, 0.15) is 22.5 Å². The maximum Gasteiger partial charge on any atom is 0.242 e. The van der Waals surface area contributed by atoms with E-state index < -0.39 is 6.67 Å². The van der Waals surface area contributed by atoms with E-state index in [9.17, 15) is 9.18 Å². The summed E-state index contributed by atoms with van der Waals surface area (Å²) in [7, 11) is 0. The summed E-state index contributed by atoms with van der Waals surface area (Å²) in [5, 5.41) is 7.08. The van der Waals surface area contributed by atoms with E-state index >= 15 is 0 Å². The quantitative estimate of drug-likeness (QED) is 0.775. The molecule has 1 aromatic carbocycles. The SMILES string of the molecule is Cc1cccc(OCCF)c1N(Cc1c(C)n[nH]c1C)C(=O)CCl. The molecule has 1 aromatic heterocycles. The first-order chi connectivity index (χ1) is 11.5. The fraction of sp³-hybridized carbons (Fsp3) is 0.412. The van der Waals surface area contributed by atoms with Crippen molar-refractivity contribution in [2.45, 2.75) is 27.3 Å². The van der Waals surface area contributed by atoms with E-state index in [4.69, 9.17) is 16.3 Å². The van der Waals surface area contributed by atoms with Crippen LogP contribution >= 0.6 is 11.6 Å². The molecule has 1 heterocycles. The third kappa shape index (κ3) is 3.87. The van der Waals surface area contributed by atoms with Gasteiger partial charge in [0.05, 0.1) is 17.9 Å². The average Bonchev–Trinajstić information content (AvgIpc) is 2.89. The van der Waals surface area contributed by atoms with Gasteiger partial charge in [-0.1, -0.05) is 12.1 Å². The van der Waals surface area contributed by atoms with Crippen LogP contribution in [0.3, 0.4) is 0 Å². The number of carbonyl (C=O) groups is 1. The van der Waals surface area contributed by atoms with Crippen LogP contribution in [-0.4, -0.2) is 35.3 Å². The Balaban J connectivity index is 2.47. The Labute approximate surface area is 145 Å². The molecule has 0 aliphatic carbocycles. The highest BCUT2D eigenvalue weighted by Gasteiger charge is 2.23. The zero-order valence-electron chi connectivity index (χ0n) is 14.0. The Morgan fingerprint density at radius 3 is 2.71 bits per heavy atom. The molecular formula is C17H21ClFN3O2. The number of amides is 1. The van der Waals surface area contributed by atoms with Gasteiger partial charge in [0.25, 0.3) is 0 Å². The second kappa shape index (κ2) is 8.15. The van der Waals surface area contributed by atoms with E-state index in [1.165, 1.54) is 0 Å². The second-order valence-electron chi connectivity index (χ2n) is 5.49. The van der Waals surface area contributed by atoms with Crippen LogP contribution in [0.4, 0.5) is 10.1 Å². The lowest BCUT2D eigenvalue weighted by Gasteiger charge is -2.26. The summed E-state index contributed by atoms with van der Waals surface area (Å²) < 4.78 is 18.0. The van der Waals surface area contributed by atoms with Gasteiger partial charge in [0.1, 0.15) is 24.9 Å². The van der Waals surface area contributed by atoms with Crippen molar-refractivity contribution in [1.29, 1.82) is 0 Å². The Morgan fingerprint density at radius 2 is 2.12 bits per heavy atom. The molecule has 1 N–H and O–H groups in total.